The first-order valence-corrected chi connectivity index (χ1v) is 10.2. The third kappa shape index (κ3) is 8.08. The van der Waals surface area contributed by atoms with E-state index in [4.69, 9.17) is 28.6 Å². The zero-order valence-corrected chi connectivity index (χ0v) is 19.6. The van der Waals surface area contributed by atoms with Gasteiger partial charge in [0.05, 0.1) is 0 Å². The molecule has 0 aliphatic rings. The SMILES string of the molecule is CCC([Si])c1ccc(C=CC(=O)OOC(C)OC)c(OC(C)OC)c1OC(C)OC. The summed E-state index contributed by atoms with van der Waals surface area (Å²) >= 11 is 0. The van der Waals surface area contributed by atoms with E-state index < -0.39 is 24.8 Å². The number of benzene rings is 1. The molecule has 1 aromatic carbocycles. The van der Waals surface area contributed by atoms with Gasteiger partial charge >= 0.3 is 5.97 Å². The average molecular weight is 440 g/mol. The molecule has 1 rings (SSSR count). The molecule has 0 amide bonds. The van der Waals surface area contributed by atoms with Crippen LogP contribution in [0.4, 0.5) is 0 Å². The molecule has 4 atom stereocenters. The fourth-order valence-electron chi connectivity index (χ4n) is 2.23. The topological polar surface area (TPSA) is 81.7 Å². The van der Waals surface area contributed by atoms with Gasteiger partial charge in [-0.3, -0.25) is 4.89 Å². The molecule has 0 aliphatic heterocycles. The van der Waals surface area contributed by atoms with Crippen molar-refractivity contribution in [2.75, 3.05) is 21.3 Å². The average Bonchev–Trinajstić information content (AvgIpc) is 2.76. The lowest BCUT2D eigenvalue weighted by Crippen LogP contribution is -2.20. The summed E-state index contributed by atoms with van der Waals surface area (Å²) < 4.78 is 27.4. The number of methoxy groups -OCH3 is 3. The van der Waals surface area contributed by atoms with Crippen molar-refractivity contribution in [3.05, 3.63) is 29.3 Å². The highest BCUT2D eigenvalue weighted by Gasteiger charge is 2.22. The molecule has 1 aromatic rings. The molecule has 0 aromatic heterocycles. The Bertz CT molecular complexity index is 694. The van der Waals surface area contributed by atoms with Gasteiger partial charge in [-0.05, 0) is 38.0 Å². The van der Waals surface area contributed by atoms with Gasteiger partial charge in [-0.1, -0.05) is 25.5 Å². The van der Waals surface area contributed by atoms with Crippen molar-refractivity contribution in [2.24, 2.45) is 0 Å². The van der Waals surface area contributed by atoms with Crippen LogP contribution < -0.4 is 9.47 Å². The zero-order chi connectivity index (χ0) is 22.7. The van der Waals surface area contributed by atoms with Gasteiger partial charge in [0, 0.05) is 43.2 Å². The summed E-state index contributed by atoms with van der Waals surface area (Å²) in [5.74, 6) is 0.209. The van der Waals surface area contributed by atoms with E-state index in [-0.39, 0.29) is 5.54 Å². The van der Waals surface area contributed by atoms with E-state index in [1.54, 1.807) is 34.0 Å². The van der Waals surface area contributed by atoms with Crippen LogP contribution in [0.25, 0.3) is 6.08 Å². The Morgan fingerprint density at radius 1 is 0.967 bits per heavy atom. The second-order valence-electron chi connectivity index (χ2n) is 6.34. The fourth-order valence-corrected chi connectivity index (χ4v) is 2.46. The molecule has 0 aliphatic carbocycles. The number of carbonyl (C=O) groups excluding carboxylic acids is 1. The maximum absolute atomic E-state index is 11.9. The standard InChI is InChI=1S/C21H31O8Si/c1-8-18(30)17-11-9-16(10-12-19(22)29-28-15(4)25-7)20(26-13(2)23-5)21(17)27-14(3)24-6/h9-15,18H,8H2,1-7H3. The van der Waals surface area contributed by atoms with Crippen molar-refractivity contribution in [3.8, 4) is 11.5 Å². The summed E-state index contributed by atoms with van der Waals surface area (Å²) in [6.45, 7) is 7.17. The van der Waals surface area contributed by atoms with Crippen LogP contribution in [-0.4, -0.2) is 56.4 Å². The van der Waals surface area contributed by atoms with E-state index in [1.165, 1.54) is 20.3 Å². The number of ether oxygens (including phenoxy) is 5. The minimum absolute atomic E-state index is 0.0242. The van der Waals surface area contributed by atoms with E-state index >= 15 is 0 Å². The highest BCUT2D eigenvalue weighted by Crippen LogP contribution is 2.41. The lowest BCUT2D eigenvalue weighted by atomic mass is 10.0. The first kappa shape index (κ1) is 26.1. The van der Waals surface area contributed by atoms with E-state index in [0.29, 0.717) is 17.1 Å². The van der Waals surface area contributed by atoms with Crippen molar-refractivity contribution >= 4 is 22.3 Å². The van der Waals surface area contributed by atoms with Crippen molar-refractivity contribution in [3.63, 3.8) is 0 Å². The molecule has 0 saturated heterocycles. The molecule has 0 bridgehead atoms. The molecule has 8 nitrogen and oxygen atoms in total. The van der Waals surface area contributed by atoms with Crippen molar-refractivity contribution in [1.29, 1.82) is 0 Å². The summed E-state index contributed by atoms with van der Waals surface area (Å²) in [7, 11) is 8.24. The molecule has 3 radical (unpaired) electrons. The fraction of sp³-hybridized carbons (Fsp3) is 0.571. The molecular formula is C21H31O8Si. The molecule has 0 saturated carbocycles. The predicted octanol–water partition coefficient (Wildman–Crippen LogP) is 3.53. The van der Waals surface area contributed by atoms with Crippen LogP contribution in [0.2, 0.25) is 0 Å². The van der Waals surface area contributed by atoms with Gasteiger partial charge in [0.2, 0.25) is 0 Å². The number of rotatable bonds is 13. The van der Waals surface area contributed by atoms with E-state index in [1.807, 2.05) is 19.1 Å². The Balaban J connectivity index is 3.33. The zero-order valence-electron chi connectivity index (χ0n) is 18.6. The maximum Gasteiger partial charge on any atom is 0.366 e. The molecule has 167 valence electrons. The number of carbonyl (C=O) groups is 1. The van der Waals surface area contributed by atoms with E-state index in [2.05, 4.69) is 15.1 Å². The van der Waals surface area contributed by atoms with Gasteiger partial charge in [-0.25, -0.2) is 4.79 Å². The van der Waals surface area contributed by atoms with Gasteiger partial charge in [-0.2, -0.15) is 4.89 Å². The lowest BCUT2D eigenvalue weighted by Gasteiger charge is -2.25. The van der Waals surface area contributed by atoms with Gasteiger partial charge in [0.1, 0.15) is 0 Å². The van der Waals surface area contributed by atoms with Crippen LogP contribution in [0.3, 0.4) is 0 Å². The van der Waals surface area contributed by atoms with Gasteiger partial charge in [0.25, 0.3) is 0 Å². The molecule has 30 heavy (non-hydrogen) atoms. The Morgan fingerprint density at radius 2 is 1.53 bits per heavy atom. The van der Waals surface area contributed by atoms with Crippen LogP contribution in [0, 0.1) is 0 Å². The van der Waals surface area contributed by atoms with E-state index in [9.17, 15) is 4.79 Å². The molecule has 0 fully saturated rings. The highest BCUT2D eigenvalue weighted by atomic mass is 28.1. The van der Waals surface area contributed by atoms with Crippen LogP contribution >= 0.6 is 0 Å². The van der Waals surface area contributed by atoms with Crippen LogP contribution in [0.5, 0.6) is 11.5 Å². The number of hydrogen-bond donors (Lipinski definition) is 0. The monoisotopic (exact) mass is 439 g/mol. The van der Waals surface area contributed by atoms with Crippen LogP contribution in [-0.2, 0) is 28.8 Å². The third-order valence-corrected chi connectivity index (χ3v) is 4.90. The van der Waals surface area contributed by atoms with Gasteiger partial charge < -0.3 is 23.7 Å². The summed E-state index contributed by atoms with van der Waals surface area (Å²) in [6.07, 6.45) is 1.83. The summed E-state index contributed by atoms with van der Waals surface area (Å²) in [5, 5.41) is 0. The molecule has 4 unspecified atom stereocenters. The van der Waals surface area contributed by atoms with Gasteiger partial charge in [0.15, 0.2) is 30.4 Å². The van der Waals surface area contributed by atoms with E-state index in [0.717, 1.165) is 12.0 Å². The second kappa shape index (κ2) is 13.4. The van der Waals surface area contributed by atoms with Crippen LogP contribution in [0.15, 0.2) is 18.2 Å². The first-order valence-electron chi connectivity index (χ1n) is 9.62. The quantitative estimate of drug-likeness (QED) is 0.152. The molecular weight excluding hydrogens is 408 g/mol. The maximum atomic E-state index is 11.9. The molecule has 0 N–H and O–H groups in total. The Kier molecular flexibility index (Phi) is 11.7. The van der Waals surface area contributed by atoms with Crippen molar-refractivity contribution < 1.29 is 38.3 Å². The normalized spacial score (nSPS) is 15.5. The Morgan fingerprint density at radius 3 is 2.07 bits per heavy atom. The highest BCUT2D eigenvalue weighted by molar-refractivity contribution is 6.12. The van der Waals surface area contributed by atoms with Crippen molar-refractivity contribution in [2.45, 2.75) is 58.5 Å². The molecule has 9 heteroatoms. The second-order valence-corrected chi connectivity index (χ2v) is 7.04. The summed E-state index contributed by atoms with van der Waals surface area (Å²) in [6, 6.07) is 3.72. The molecule has 0 spiro atoms. The minimum atomic E-state index is -0.701. The Labute approximate surface area is 181 Å². The summed E-state index contributed by atoms with van der Waals surface area (Å²) in [4.78, 5) is 21.4. The number of hydrogen-bond acceptors (Lipinski definition) is 8. The van der Waals surface area contributed by atoms with Crippen LogP contribution in [0.1, 0.15) is 50.8 Å². The third-order valence-electron chi connectivity index (χ3n) is 4.18. The van der Waals surface area contributed by atoms with Crippen molar-refractivity contribution in [1.82, 2.24) is 0 Å². The minimum Gasteiger partial charge on any atom is -0.461 e. The largest absolute Gasteiger partial charge is 0.461 e. The smallest absolute Gasteiger partial charge is 0.366 e. The molecule has 0 heterocycles. The lowest BCUT2D eigenvalue weighted by molar-refractivity contribution is -0.339. The predicted molar refractivity (Wildman–Crippen MR) is 112 cm³/mol. The first-order chi connectivity index (χ1) is 14.3. The Hall–Kier alpha value is -1.91. The summed E-state index contributed by atoms with van der Waals surface area (Å²) in [5.41, 5.74) is 1.50. The van der Waals surface area contributed by atoms with Gasteiger partial charge in [-0.15, -0.1) is 0 Å².